The fraction of sp³-hybridized carbons (Fsp3) is 0.533. The molecule has 1 fully saturated rings. The zero-order chi connectivity index (χ0) is 16.3. The van der Waals surface area contributed by atoms with Crippen LogP contribution in [0.4, 0.5) is 13.2 Å². The highest BCUT2D eigenvalue weighted by Crippen LogP contribution is 2.32. The minimum Gasteiger partial charge on any atom is -0.497 e. The molecule has 0 radical (unpaired) electrons. The third kappa shape index (κ3) is 3.71. The minimum atomic E-state index is -4.61. The Labute approximate surface area is 126 Å². The number of alkyl halides is 3. The lowest BCUT2D eigenvalue weighted by Gasteiger charge is -2.34. The van der Waals surface area contributed by atoms with Crippen LogP contribution in [-0.2, 0) is 0 Å². The zero-order valence-corrected chi connectivity index (χ0v) is 12.1. The number of halogens is 3. The second-order valence-electron chi connectivity index (χ2n) is 5.35. The number of amides is 1. The number of aliphatic hydroxyl groups excluding tert-OH is 1. The molecule has 4 nitrogen and oxygen atoms in total. The van der Waals surface area contributed by atoms with Gasteiger partial charge in [-0.2, -0.15) is 13.2 Å². The number of nitrogens with zero attached hydrogens (tertiary/aromatic N) is 1. The van der Waals surface area contributed by atoms with Crippen LogP contribution in [0.3, 0.4) is 0 Å². The van der Waals surface area contributed by atoms with E-state index >= 15 is 0 Å². The molecule has 1 aromatic carbocycles. The molecule has 0 spiro atoms. The number of ether oxygens (including phenoxy) is 1. The molecule has 1 unspecified atom stereocenters. The largest absolute Gasteiger partial charge is 0.497 e. The normalized spacial score (nSPS) is 18.1. The molecular formula is C15H18F3NO3. The number of aliphatic hydroxyl groups is 1. The molecule has 1 saturated heterocycles. The van der Waals surface area contributed by atoms with Gasteiger partial charge in [0.15, 0.2) is 6.10 Å². The summed E-state index contributed by atoms with van der Waals surface area (Å²) in [5.41, 5.74) is 0.439. The van der Waals surface area contributed by atoms with Crippen molar-refractivity contribution in [3.05, 3.63) is 29.8 Å². The van der Waals surface area contributed by atoms with Gasteiger partial charge in [0.2, 0.25) is 0 Å². The SMILES string of the molecule is COc1cccc(C(=O)N2CCC(C(O)C(F)(F)F)CC2)c1. The molecule has 2 rings (SSSR count). The minimum absolute atomic E-state index is 0.135. The van der Waals surface area contributed by atoms with E-state index in [9.17, 15) is 23.1 Å². The molecular weight excluding hydrogens is 299 g/mol. The highest BCUT2D eigenvalue weighted by atomic mass is 19.4. The van der Waals surface area contributed by atoms with Gasteiger partial charge in [-0.15, -0.1) is 0 Å². The smallest absolute Gasteiger partial charge is 0.414 e. The van der Waals surface area contributed by atoms with Crippen LogP contribution in [0.5, 0.6) is 5.75 Å². The van der Waals surface area contributed by atoms with Crippen molar-refractivity contribution in [3.8, 4) is 5.75 Å². The molecule has 1 aliphatic heterocycles. The van der Waals surface area contributed by atoms with Crippen molar-refractivity contribution in [1.82, 2.24) is 4.90 Å². The fourth-order valence-corrected chi connectivity index (χ4v) is 2.62. The first kappa shape index (κ1) is 16.6. The summed E-state index contributed by atoms with van der Waals surface area (Å²) in [5.74, 6) is -0.540. The Bertz CT molecular complexity index is 525. The summed E-state index contributed by atoms with van der Waals surface area (Å²) in [5, 5.41) is 9.28. The summed E-state index contributed by atoms with van der Waals surface area (Å²) in [6, 6.07) is 6.63. The third-order valence-electron chi connectivity index (χ3n) is 3.93. The van der Waals surface area contributed by atoms with E-state index in [1.807, 2.05) is 0 Å². The third-order valence-corrected chi connectivity index (χ3v) is 3.93. The average Bonchev–Trinajstić information content (AvgIpc) is 2.53. The second kappa shape index (κ2) is 6.56. The van der Waals surface area contributed by atoms with Crippen LogP contribution >= 0.6 is 0 Å². The lowest BCUT2D eigenvalue weighted by molar-refractivity contribution is -0.222. The number of piperidine rings is 1. The van der Waals surface area contributed by atoms with Crippen molar-refractivity contribution < 1.29 is 27.8 Å². The number of methoxy groups -OCH3 is 1. The maximum Gasteiger partial charge on any atom is 0.414 e. The Hall–Kier alpha value is -1.76. The summed E-state index contributed by atoms with van der Waals surface area (Å²) in [7, 11) is 1.49. The van der Waals surface area contributed by atoms with Crippen LogP contribution in [0.15, 0.2) is 24.3 Å². The predicted molar refractivity (Wildman–Crippen MR) is 73.7 cm³/mol. The molecule has 1 aliphatic rings. The molecule has 0 aromatic heterocycles. The summed E-state index contributed by atoms with van der Waals surface area (Å²) in [4.78, 5) is 13.8. The van der Waals surface area contributed by atoms with Crippen LogP contribution in [0, 0.1) is 5.92 Å². The van der Waals surface area contributed by atoms with Crippen LogP contribution in [-0.4, -0.2) is 48.4 Å². The highest BCUT2D eigenvalue weighted by molar-refractivity contribution is 5.94. The molecule has 0 aliphatic carbocycles. The Balaban J connectivity index is 1.98. The van der Waals surface area contributed by atoms with E-state index in [-0.39, 0.29) is 31.8 Å². The maximum absolute atomic E-state index is 12.5. The number of hydrogen-bond acceptors (Lipinski definition) is 3. The number of rotatable bonds is 3. The van der Waals surface area contributed by atoms with E-state index in [4.69, 9.17) is 4.74 Å². The van der Waals surface area contributed by atoms with Gasteiger partial charge in [0.05, 0.1) is 7.11 Å². The number of carbonyl (C=O) groups excluding carboxylic acids is 1. The van der Waals surface area contributed by atoms with E-state index in [2.05, 4.69) is 0 Å². The van der Waals surface area contributed by atoms with Gasteiger partial charge in [-0.25, -0.2) is 0 Å². The molecule has 1 atom stereocenters. The highest BCUT2D eigenvalue weighted by Gasteiger charge is 2.44. The molecule has 0 saturated carbocycles. The summed E-state index contributed by atoms with van der Waals surface area (Å²) in [6.07, 6.45) is -6.65. The van der Waals surface area contributed by atoms with Gasteiger partial charge in [0, 0.05) is 18.7 Å². The Morgan fingerprint density at radius 2 is 2.00 bits per heavy atom. The zero-order valence-electron chi connectivity index (χ0n) is 12.1. The summed E-state index contributed by atoms with van der Waals surface area (Å²) >= 11 is 0. The van der Waals surface area contributed by atoms with Crippen molar-refractivity contribution in [2.24, 2.45) is 5.92 Å². The lowest BCUT2D eigenvalue weighted by Crippen LogP contribution is -2.45. The van der Waals surface area contributed by atoms with Crippen molar-refractivity contribution in [2.75, 3.05) is 20.2 Å². The van der Waals surface area contributed by atoms with Crippen molar-refractivity contribution >= 4 is 5.91 Å². The number of carbonyl (C=O) groups is 1. The predicted octanol–water partition coefficient (Wildman–Crippen LogP) is 2.47. The van der Waals surface area contributed by atoms with Gasteiger partial charge in [-0.05, 0) is 37.0 Å². The number of likely N-dealkylation sites (tertiary alicyclic amines) is 1. The van der Waals surface area contributed by atoms with E-state index in [1.165, 1.54) is 12.0 Å². The summed E-state index contributed by atoms with van der Waals surface area (Å²) in [6.45, 7) is 0.404. The first-order valence-electron chi connectivity index (χ1n) is 7.01. The van der Waals surface area contributed by atoms with Gasteiger partial charge < -0.3 is 14.7 Å². The molecule has 1 amide bonds. The first-order valence-corrected chi connectivity index (χ1v) is 7.01. The lowest BCUT2D eigenvalue weighted by atomic mass is 9.90. The molecule has 7 heteroatoms. The van der Waals surface area contributed by atoms with E-state index in [0.29, 0.717) is 11.3 Å². The van der Waals surface area contributed by atoms with Crippen molar-refractivity contribution in [3.63, 3.8) is 0 Å². The van der Waals surface area contributed by atoms with Gasteiger partial charge in [-0.3, -0.25) is 4.79 Å². The van der Waals surface area contributed by atoms with Gasteiger partial charge in [-0.1, -0.05) is 6.07 Å². The molecule has 122 valence electrons. The van der Waals surface area contributed by atoms with Crippen molar-refractivity contribution in [2.45, 2.75) is 25.1 Å². The average molecular weight is 317 g/mol. The van der Waals surface area contributed by atoms with E-state index in [0.717, 1.165) is 0 Å². The van der Waals surface area contributed by atoms with Crippen molar-refractivity contribution in [1.29, 1.82) is 0 Å². The topological polar surface area (TPSA) is 49.8 Å². The van der Waals surface area contributed by atoms with E-state index in [1.54, 1.807) is 24.3 Å². The molecule has 22 heavy (non-hydrogen) atoms. The second-order valence-corrected chi connectivity index (χ2v) is 5.35. The van der Waals surface area contributed by atoms with E-state index < -0.39 is 18.2 Å². The van der Waals surface area contributed by atoms with Gasteiger partial charge >= 0.3 is 6.18 Å². The van der Waals surface area contributed by atoms with Crippen LogP contribution in [0.25, 0.3) is 0 Å². The monoisotopic (exact) mass is 317 g/mol. The Kier molecular flexibility index (Phi) is 4.95. The Morgan fingerprint density at radius 3 is 2.55 bits per heavy atom. The first-order chi connectivity index (χ1) is 10.3. The number of hydrogen-bond donors (Lipinski definition) is 1. The van der Waals surface area contributed by atoms with Crippen LogP contribution in [0.1, 0.15) is 23.2 Å². The van der Waals surface area contributed by atoms with Crippen LogP contribution in [0.2, 0.25) is 0 Å². The maximum atomic E-state index is 12.5. The number of benzene rings is 1. The quantitative estimate of drug-likeness (QED) is 0.932. The summed E-state index contributed by atoms with van der Waals surface area (Å²) < 4.78 is 42.5. The molecule has 1 heterocycles. The van der Waals surface area contributed by atoms with Crippen LogP contribution < -0.4 is 4.74 Å². The molecule has 1 N–H and O–H groups in total. The fourth-order valence-electron chi connectivity index (χ4n) is 2.62. The molecule has 1 aromatic rings. The molecule has 0 bridgehead atoms. The van der Waals surface area contributed by atoms with Gasteiger partial charge in [0.1, 0.15) is 5.75 Å². The van der Waals surface area contributed by atoms with Gasteiger partial charge in [0.25, 0.3) is 5.91 Å². The Morgan fingerprint density at radius 1 is 1.36 bits per heavy atom. The standard InChI is InChI=1S/C15H18F3NO3/c1-22-12-4-2-3-11(9-12)14(21)19-7-5-10(6-8-19)13(20)15(16,17)18/h2-4,9-10,13,20H,5-8H2,1H3.